The third-order valence-corrected chi connectivity index (χ3v) is 4.74. The summed E-state index contributed by atoms with van der Waals surface area (Å²) < 4.78 is 0. The van der Waals surface area contributed by atoms with Gasteiger partial charge < -0.3 is 10.4 Å². The summed E-state index contributed by atoms with van der Waals surface area (Å²) in [5, 5.41) is 12.7. The van der Waals surface area contributed by atoms with Crippen molar-refractivity contribution in [2.45, 2.75) is 44.4 Å². The van der Waals surface area contributed by atoms with Crippen LogP contribution in [0.5, 0.6) is 0 Å². The summed E-state index contributed by atoms with van der Waals surface area (Å²) in [6.45, 7) is 2.81. The molecule has 1 aliphatic rings. The molecule has 1 aromatic carbocycles. The molecule has 3 nitrogen and oxygen atoms in total. The van der Waals surface area contributed by atoms with Crippen LogP contribution >= 0.6 is 11.6 Å². The number of hydrogen-bond donors (Lipinski definition) is 2. The maximum absolute atomic E-state index is 12.8. The van der Waals surface area contributed by atoms with Crippen LogP contribution in [0.1, 0.15) is 44.6 Å². The molecule has 0 spiro atoms. The van der Waals surface area contributed by atoms with Crippen LogP contribution in [0.3, 0.4) is 0 Å². The highest BCUT2D eigenvalue weighted by Gasteiger charge is 2.42. The lowest BCUT2D eigenvalue weighted by Gasteiger charge is -2.29. The summed E-state index contributed by atoms with van der Waals surface area (Å²) in [5.41, 5.74) is 0.601. The molecule has 0 heterocycles. The zero-order valence-electron chi connectivity index (χ0n) is 12.6. The molecule has 21 heavy (non-hydrogen) atoms. The molecule has 1 unspecified atom stereocenters. The van der Waals surface area contributed by atoms with Crippen molar-refractivity contribution in [1.29, 1.82) is 0 Å². The molecule has 0 radical (unpaired) electrons. The fourth-order valence-electron chi connectivity index (χ4n) is 3.17. The predicted molar refractivity (Wildman–Crippen MR) is 85.5 cm³/mol. The molecule has 0 aromatic heterocycles. The number of amides is 1. The fourth-order valence-corrected chi connectivity index (χ4v) is 3.36. The zero-order valence-corrected chi connectivity index (χ0v) is 13.3. The molecule has 2 N–H and O–H groups in total. The van der Waals surface area contributed by atoms with Crippen molar-refractivity contribution >= 4 is 17.5 Å². The third kappa shape index (κ3) is 3.78. The first-order chi connectivity index (χ1) is 10.1. The van der Waals surface area contributed by atoms with E-state index in [4.69, 9.17) is 16.7 Å². The van der Waals surface area contributed by atoms with Crippen LogP contribution in [-0.2, 0) is 10.2 Å². The number of aliphatic hydroxyl groups is 1. The van der Waals surface area contributed by atoms with Crippen LogP contribution in [0, 0.1) is 5.92 Å². The average molecular weight is 310 g/mol. The molecule has 1 aromatic rings. The second kappa shape index (κ2) is 7.28. The number of benzene rings is 1. The quantitative estimate of drug-likeness (QED) is 0.847. The van der Waals surface area contributed by atoms with E-state index in [1.165, 1.54) is 0 Å². The van der Waals surface area contributed by atoms with E-state index in [1.54, 1.807) is 0 Å². The van der Waals surface area contributed by atoms with Gasteiger partial charge in [-0.15, -0.1) is 0 Å². The predicted octanol–water partition coefficient (Wildman–Crippen LogP) is 3.29. The normalized spacial score (nSPS) is 18.4. The van der Waals surface area contributed by atoms with Gasteiger partial charge in [-0.1, -0.05) is 43.5 Å². The van der Waals surface area contributed by atoms with Crippen molar-refractivity contribution in [1.82, 2.24) is 5.32 Å². The van der Waals surface area contributed by atoms with Gasteiger partial charge in [-0.25, -0.2) is 0 Å². The first-order valence-electron chi connectivity index (χ1n) is 7.74. The topological polar surface area (TPSA) is 49.3 Å². The molecule has 0 bridgehead atoms. The van der Waals surface area contributed by atoms with Crippen LogP contribution < -0.4 is 5.32 Å². The fraction of sp³-hybridized carbons (Fsp3) is 0.588. The average Bonchev–Trinajstić information content (AvgIpc) is 2.96. The Labute approximate surface area is 131 Å². The molecule has 116 valence electrons. The molecule has 1 aliphatic carbocycles. The minimum Gasteiger partial charge on any atom is -0.396 e. The Morgan fingerprint density at radius 2 is 2.14 bits per heavy atom. The van der Waals surface area contributed by atoms with Gasteiger partial charge in [0.05, 0.1) is 5.41 Å². The number of hydrogen-bond acceptors (Lipinski definition) is 2. The number of halogens is 1. The maximum atomic E-state index is 12.8. The maximum Gasteiger partial charge on any atom is 0.230 e. The Morgan fingerprint density at radius 1 is 1.43 bits per heavy atom. The van der Waals surface area contributed by atoms with Crippen LogP contribution in [0.25, 0.3) is 0 Å². The minimum atomic E-state index is -0.427. The van der Waals surface area contributed by atoms with Crippen molar-refractivity contribution in [3.63, 3.8) is 0 Å². The lowest BCUT2D eigenvalue weighted by molar-refractivity contribution is -0.126. The molecule has 1 fully saturated rings. The van der Waals surface area contributed by atoms with Gasteiger partial charge in [-0.2, -0.15) is 0 Å². The standard InChI is InChI=1S/C17H24ClNO2/c1-13(7-10-20)12-19-16(21)17(8-2-3-9-17)14-5-4-6-15(18)11-14/h4-6,11,13,20H,2-3,7-10,12H2,1H3,(H,19,21). The van der Waals surface area contributed by atoms with Crippen molar-refractivity contribution < 1.29 is 9.90 Å². The van der Waals surface area contributed by atoms with Gasteiger partial charge in [0.15, 0.2) is 0 Å². The number of aliphatic hydroxyl groups excluding tert-OH is 1. The summed E-state index contributed by atoms with van der Waals surface area (Å²) >= 11 is 6.10. The van der Waals surface area contributed by atoms with Gasteiger partial charge >= 0.3 is 0 Å². The second-order valence-electron chi connectivity index (χ2n) is 6.13. The first kappa shape index (κ1) is 16.3. The van der Waals surface area contributed by atoms with Crippen molar-refractivity contribution in [3.05, 3.63) is 34.9 Å². The van der Waals surface area contributed by atoms with Crippen LogP contribution in [0.4, 0.5) is 0 Å². The first-order valence-corrected chi connectivity index (χ1v) is 8.11. The van der Waals surface area contributed by atoms with Crippen LogP contribution in [-0.4, -0.2) is 24.2 Å². The van der Waals surface area contributed by atoms with Gasteiger partial charge in [-0.05, 0) is 42.9 Å². The van der Waals surface area contributed by atoms with Gasteiger partial charge in [0.2, 0.25) is 5.91 Å². The summed E-state index contributed by atoms with van der Waals surface area (Å²) in [6, 6.07) is 7.69. The SMILES string of the molecule is CC(CCO)CNC(=O)C1(c2cccc(Cl)c2)CCCC1. The number of rotatable bonds is 6. The summed E-state index contributed by atoms with van der Waals surface area (Å²) in [6.07, 6.45) is 4.63. The van der Waals surface area contributed by atoms with E-state index < -0.39 is 5.41 Å². The highest BCUT2D eigenvalue weighted by molar-refractivity contribution is 6.30. The van der Waals surface area contributed by atoms with Gasteiger partial charge in [0.25, 0.3) is 0 Å². The van der Waals surface area contributed by atoms with Crippen LogP contribution in [0.2, 0.25) is 5.02 Å². The molecule has 1 saturated carbocycles. The minimum absolute atomic E-state index is 0.104. The third-order valence-electron chi connectivity index (χ3n) is 4.50. The smallest absolute Gasteiger partial charge is 0.230 e. The second-order valence-corrected chi connectivity index (χ2v) is 6.56. The number of nitrogens with one attached hydrogen (secondary N) is 1. The molecule has 4 heteroatoms. The van der Waals surface area contributed by atoms with Crippen LogP contribution in [0.15, 0.2) is 24.3 Å². The Hall–Kier alpha value is -1.06. The molecular formula is C17H24ClNO2. The summed E-state index contributed by atoms with van der Waals surface area (Å²) in [5.74, 6) is 0.392. The van der Waals surface area contributed by atoms with Crippen molar-refractivity contribution in [2.24, 2.45) is 5.92 Å². The van der Waals surface area contributed by atoms with E-state index in [2.05, 4.69) is 5.32 Å². The summed E-state index contributed by atoms with van der Waals surface area (Å²) in [7, 11) is 0. The Kier molecular flexibility index (Phi) is 5.65. The molecule has 2 rings (SSSR count). The zero-order chi connectivity index (χ0) is 15.3. The van der Waals surface area contributed by atoms with E-state index in [0.29, 0.717) is 18.0 Å². The lowest BCUT2D eigenvalue weighted by Crippen LogP contribution is -2.44. The monoisotopic (exact) mass is 309 g/mol. The van der Waals surface area contributed by atoms with Crippen molar-refractivity contribution in [3.8, 4) is 0 Å². The number of carbonyl (C=O) groups excluding carboxylic acids is 1. The Balaban J connectivity index is 2.13. The molecule has 1 atom stereocenters. The molecule has 0 aliphatic heterocycles. The van der Waals surface area contributed by atoms with Crippen molar-refractivity contribution in [2.75, 3.05) is 13.2 Å². The molecular weight excluding hydrogens is 286 g/mol. The Morgan fingerprint density at radius 3 is 2.76 bits per heavy atom. The van der Waals surface area contributed by atoms with E-state index >= 15 is 0 Å². The van der Waals surface area contributed by atoms with Gasteiger partial charge in [0.1, 0.15) is 0 Å². The van der Waals surface area contributed by atoms with E-state index in [9.17, 15) is 4.79 Å². The molecule has 0 saturated heterocycles. The van der Waals surface area contributed by atoms with E-state index in [-0.39, 0.29) is 18.4 Å². The Bertz CT molecular complexity index is 483. The largest absolute Gasteiger partial charge is 0.396 e. The van der Waals surface area contributed by atoms with E-state index in [0.717, 1.165) is 31.2 Å². The highest BCUT2D eigenvalue weighted by Crippen LogP contribution is 2.42. The number of carbonyl (C=O) groups is 1. The van der Waals surface area contributed by atoms with Gasteiger partial charge in [0, 0.05) is 18.2 Å². The van der Waals surface area contributed by atoms with Gasteiger partial charge in [-0.3, -0.25) is 4.79 Å². The molecule has 1 amide bonds. The lowest BCUT2D eigenvalue weighted by atomic mass is 9.78. The highest BCUT2D eigenvalue weighted by atomic mass is 35.5. The van der Waals surface area contributed by atoms with E-state index in [1.807, 2.05) is 31.2 Å². The summed E-state index contributed by atoms with van der Waals surface area (Å²) in [4.78, 5) is 12.8.